The Bertz CT molecular complexity index is 307. The van der Waals surface area contributed by atoms with E-state index in [0.29, 0.717) is 0 Å². The highest BCUT2D eigenvalue weighted by Crippen LogP contribution is 2.14. The Kier molecular flexibility index (Phi) is 5.56. The molecule has 2 nitrogen and oxygen atoms in total. The number of hydrogen-bond donors (Lipinski definition) is 1. The van der Waals surface area contributed by atoms with E-state index in [-0.39, 0.29) is 0 Å². The molecule has 0 spiro atoms. The van der Waals surface area contributed by atoms with Gasteiger partial charge in [-0.25, -0.2) is 0 Å². The molecule has 82 valence electrons. The monoisotopic (exact) mass is 205 g/mol. The second-order valence-electron chi connectivity index (χ2n) is 3.38. The fourth-order valence-electron chi connectivity index (χ4n) is 1.24. The molecule has 0 fully saturated rings. The number of nitrogens with one attached hydrogen (secondary N) is 1. The SMILES string of the molecule is CCCOc1cccc(/C=C/CNC)c1. The first kappa shape index (κ1) is 11.8. The van der Waals surface area contributed by atoms with E-state index in [2.05, 4.69) is 36.5 Å². The zero-order chi connectivity index (χ0) is 10.9. The molecule has 0 bridgehead atoms. The summed E-state index contributed by atoms with van der Waals surface area (Å²) >= 11 is 0. The largest absolute Gasteiger partial charge is 0.494 e. The maximum absolute atomic E-state index is 5.55. The van der Waals surface area contributed by atoms with Crippen LogP contribution in [0, 0.1) is 0 Å². The van der Waals surface area contributed by atoms with Crippen LogP contribution in [-0.2, 0) is 0 Å². The van der Waals surface area contributed by atoms with Crippen LogP contribution in [0.1, 0.15) is 18.9 Å². The second-order valence-corrected chi connectivity index (χ2v) is 3.38. The highest BCUT2D eigenvalue weighted by Gasteiger charge is 1.92. The lowest BCUT2D eigenvalue weighted by Crippen LogP contribution is -2.03. The van der Waals surface area contributed by atoms with Gasteiger partial charge in [-0.15, -0.1) is 0 Å². The van der Waals surface area contributed by atoms with Crippen LogP contribution in [0.25, 0.3) is 6.08 Å². The summed E-state index contributed by atoms with van der Waals surface area (Å²) in [4.78, 5) is 0. The third-order valence-corrected chi connectivity index (χ3v) is 1.96. The maximum atomic E-state index is 5.55. The lowest BCUT2D eigenvalue weighted by Gasteiger charge is -2.04. The molecule has 15 heavy (non-hydrogen) atoms. The van der Waals surface area contributed by atoms with E-state index in [1.54, 1.807) is 0 Å². The summed E-state index contributed by atoms with van der Waals surface area (Å²) in [5, 5.41) is 3.07. The quantitative estimate of drug-likeness (QED) is 0.771. The smallest absolute Gasteiger partial charge is 0.119 e. The third kappa shape index (κ3) is 4.66. The van der Waals surface area contributed by atoms with E-state index >= 15 is 0 Å². The number of likely N-dealkylation sites (N-methyl/N-ethyl adjacent to an activating group) is 1. The first-order valence-corrected chi connectivity index (χ1v) is 5.41. The molecule has 0 aliphatic carbocycles. The Morgan fingerprint density at radius 1 is 1.40 bits per heavy atom. The molecule has 1 aromatic rings. The predicted molar refractivity (Wildman–Crippen MR) is 65.2 cm³/mol. The number of ether oxygens (including phenoxy) is 1. The van der Waals surface area contributed by atoms with E-state index in [9.17, 15) is 0 Å². The van der Waals surface area contributed by atoms with E-state index in [1.165, 1.54) is 5.56 Å². The van der Waals surface area contributed by atoms with Crippen molar-refractivity contribution in [2.24, 2.45) is 0 Å². The summed E-state index contributed by atoms with van der Waals surface area (Å²) in [5.41, 5.74) is 1.18. The van der Waals surface area contributed by atoms with Crippen molar-refractivity contribution in [2.75, 3.05) is 20.2 Å². The van der Waals surface area contributed by atoms with Gasteiger partial charge in [-0.2, -0.15) is 0 Å². The second kappa shape index (κ2) is 7.07. The van der Waals surface area contributed by atoms with Crippen molar-refractivity contribution in [3.05, 3.63) is 35.9 Å². The van der Waals surface area contributed by atoms with Gasteiger partial charge in [0.05, 0.1) is 6.61 Å². The van der Waals surface area contributed by atoms with Gasteiger partial charge in [0.2, 0.25) is 0 Å². The molecule has 2 heteroatoms. The molecule has 0 unspecified atom stereocenters. The third-order valence-electron chi connectivity index (χ3n) is 1.96. The van der Waals surface area contributed by atoms with E-state index < -0.39 is 0 Å². The zero-order valence-electron chi connectivity index (χ0n) is 9.49. The van der Waals surface area contributed by atoms with Gasteiger partial charge in [0.25, 0.3) is 0 Å². The van der Waals surface area contributed by atoms with Crippen molar-refractivity contribution in [3.63, 3.8) is 0 Å². The van der Waals surface area contributed by atoms with Gasteiger partial charge in [0.15, 0.2) is 0 Å². The zero-order valence-corrected chi connectivity index (χ0v) is 9.49. The van der Waals surface area contributed by atoms with Gasteiger partial charge in [-0.3, -0.25) is 0 Å². The Morgan fingerprint density at radius 3 is 3.00 bits per heavy atom. The number of benzene rings is 1. The first-order valence-electron chi connectivity index (χ1n) is 5.41. The minimum absolute atomic E-state index is 0.781. The van der Waals surface area contributed by atoms with E-state index in [1.807, 2.05) is 19.2 Å². The topological polar surface area (TPSA) is 21.3 Å². The lowest BCUT2D eigenvalue weighted by molar-refractivity contribution is 0.317. The van der Waals surface area contributed by atoms with Crippen molar-refractivity contribution < 1.29 is 4.74 Å². The van der Waals surface area contributed by atoms with Crippen LogP contribution < -0.4 is 10.1 Å². The average molecular weight is 205 g/mol. The van der Waals surface area contributed by atoms with Gasteiger partial charge in [0.1, 0.15) is 5.75 Å². The minimum Gasteiger partial charge on any atom is -0.494 e. The van der Waals surface area contributed by atoms with Crippen LogP contribution in [0.4, 0.5) is 0 Å². The first-order chi connectivity index (χ1) is 7.36. The van der Waals surface area contributed by atoms with Gasteiger partial charge in [0, 0.05) is 6.54 Å². The molecular weight excluding hydrogens is 186 g/mol. The summed E-state index contributed by atoms with van der Waals surface area (Å²) in [6.07, 6.45) is 5.23. The van der Waals surface area contributed by atoms with Crippen molar-refractivity contribution in [2.45, 2.75) is 13.3 Å². The lowest BCUT2D eigenvalue weighted by atomic mass is 10.2. The Hall–Kier alpha value is -1.28. The Balaban J connectivity index is 2.57. The fourth-order valence-corrected chi connectivity index (χ4v) is 1.24. The fraction of sp³-hybridized carbons (Fsp3) is 0.385. The van der Waals surface area contributed by atoms with Gasteiger partial charge < -0.3 is 10.1 Å². The molecule has 0 aliphatic rings. The van der Waals surface area contributed by atoms with Crippen molar-refractivity contribution >= 4 is 6.08 Å². The summed E-state index contributed by atoms with van der Waals surface area (Å²) in [7, 11) is 1.94. The summed E-state index contributed by atoms with van der Waals surface area (Å²) < 4.78 is 5.55. The molecule has 1 rings (SSSR count). The maximum Gasteiger partial charge on any atom is 0.119 e. The number of hydrogen-bond acceptors (Lipinski definition) is 2. The molecule has 0 aromatic heterocycles. The molecule has 0 radical (unpaired) electrons. The van der Waals surface area contributed by atoms with Crippen molar-refractivity contribution in [1.82, 2.24) is 5.32 Å². The Labute approximate surface area is 92.0 Å². The molecule has 1 N–H and O–H groups in total. The average Bonchev–Trinajstić information content (AvgIpc) is 2.27. The molecule has 0 aliphatic heterocycles. The standard InChI is InChI=1S/C13H19NO/c1-3-10-15-13-8-4-6-12(11-13)7-5-9-14-2/h4-8,11,14H,3,9-10H2,1-2H3/b7-5+. The summed E-state index contributed by atoms with van der Waals surface area (Å²) in [6.45, 7) is 3.78. The van der Waals surface area contributed by atoms with Crippen molar-refractivity contribution in [3.8, 4) is 5.75 Å². The van der Waals surface area contributed by atoms with Crippen LogP contribution in [0.5, 0.6) is 5.75 Å². The molecule has 0 saturated heterocycles. The van der Waals surface area contributed by atoms with Crippen LogP contribution in [0.2, 0.25) is 0 Å². The molecule has 0 atom stereocenters. The van der Waals surface area contributed by atoms with Gasteiger partial charge in [-0.1, -0.05) is 31.2 Å². The van der Waals surface area contributed by atoms with Gasteiger partial charge in [-0.05, 0) is 31.2 Å². The van der Waals surface area contributed by atoms with Crippen LogP contribution in [-0.4, -0.2) is 20.2 Å². The van der Waals surface area contributed by atoms with Crippen LogP contribution in [0.3, 0.4) is 0 Å². The molecule has 1 aromatic carbocycles. The molecule has 0 saturated carbocycles. The van der Waals surface area contributed by atoms with E-state index in [4.69, 9.17) is 4.74 Å². The predicted octanol–water partition coefficient (Wildman–Crippen LogP) is 2.71. The van der Waals surface area contributed by atoms with E-state index in [0.717, 1.165) is 25.3 Å². The highest BCUT2D eigenvalue weighted by molar-refractivity contribution is 5.51. The molecular formula is C13H19NO. The van der Waals surface area contributed by atoms with Crippen LogP contribution in [0.15, 0.2) is 30.3 Å². The minimum atomic E-state index is 0.781. The number of rotatable bonds is 6. The molecule has 0 amide bonds. The van der Waals surface area contributed by atoms with Gasteiger partial charge >= 0.3 is 0 Å². The van der Waals surface area contributed by atoms with Crippen molar-refractivity contribution in [1.29, 1.82) is 0 Å². The normalized spacial score (nSPS) is 10.8. The Morgan fingerprint density at radius 2 is 2.27 bits per heavy atom. The summed E-state index contributed by atoms with van der Waals surface area (Å²) in [5.74, 6) is 0.948. The molecule has 0 heterocycles. The summed E-state index contributed by atoms with van der Waals surface area (Å²) in [6, 6.07) is 8.14. The highest BCUT2D eigenvalue weighted by atomic mass is 16.5. The van der Waals surface area contributed by atoms with Crippen LogP contribution >= 0.6 is 0 Å².